The van der Waals surface area contributed by atoms with Crippen molar-refractivity contribution in [2.45, 2.75) is 31.8 Å². The lowest BCUT2D eigenvalue weighted by Gasteiger charge is -2.43. The van der Waals surface area contributed by atoms with Gasteiger partial charge in [0.1, 0.15) is 10.5 Å². The van der Waals surface area contributed by atoms with Crippen LogP contribution < -0.4 is 15.5 Å². The lowest BCUT2D eigenvalue weighted by molar-refractivity contribution is -0.914. The molecule has 2 rings (SSSR count). The average Bonchev–Trinajstić information content (AvgIpc) is 2.40. The molecule has 0 bridgehead atoms. The molecule has 0 aromatic heterocycles. The molecule has 1 unspecified atom stereocenters. The van der Waals surface area contributed by atoms with Crippen LogP contribution in [0.25, 0.3) is 0 Å². The second-order valence-electron chi connectivity index (χ2n) is 4.94. The van der Waals surface area contributed by atoms with E-state index in [1.54, 1.807) is 4.90 Å². The van der Waals surface area contributed by atoms with Crippen molar-refractivity contribution in [2.24, 2.45) is 5.92 Å². The molecule has 0 amide bonds. The molecule has 5 heteroatoms. The highest BCUT2D eigenvalue weighted by molar-refractivity contribution is 7.82. The summed E-state index contributed by atoms with van der Waals surface area (Å²) in [5.74, 6) is 0.522. The highest BCUT2D eigenvalue weighted by Gasteiger charge is 2.51. The van der Waals surface area contributed by atoms with Crippen LogP contribution in [-0.4, -0.2) is 35.3 Å². The molecule has 2 heterocycles. The summed E-state index contributed by atoms with van der Waals surface area (Å²) in [5.41, 5.74) is -0.0780. The topological polar surface area (TPSA) is 28.5 Å². The van der Waals surface area contributed by atoms with E-state index in [-0.39, 0.29) is 5.54 Å². The van der Waals surface area contributed by atoms with Crippen LogP contribution in [0.2, 0.25) is 0 Å². The van der Waals surface area contributed by atoms with E-state index in [0.29, 0.717) is 17.1 Å². The molecule has 15 heavy (non-hydrogen) atoms. The van der Waals surface area contributed by atoms with E-state index in [1.807, 2.05) is 0 Å². The van der Waals surface area contributed by atoms with Crippen molar-refractivity contribution >= 4 is 34.5 Å². The number of nitrogens with one attached hydrogen (secondary N) is 3. The molecule has 2 aliphatic heterocycles. The number of piperidine rings is 1. The van der Waals surface area contributed by atoms with Crippen molar-refractivity contribution in [2.75, 3.05) is 13.6 Å². The van der Waals surface area contributed by atoms with Gasteiger partial charge in [-0.05, 0) is 19.1 Å². The van der Waals surface area contributed by atoms with E-state index >= 15 is 0 Å². The van der Waals surface area contributed by atoms with Crippen LogP contribution in [0, 0.1) is 5.92 Å². The Kier molecular flexibility index (Phi) is 2.73. The minimum atomic E-state index is -0.0780. The van der Waals surface area contributed by atoms with Gasteiger partial charge in [-0.15, -0.1) is 0 Å². The summed E-state index contributed by atoms with van der Waals surface area (Å²) in [7, 11) is 2.25. The maximum Gasteiger partial charge on any atom is 0.172 e. The van der Waals surface area contributed by atoms with Gasteiger partial charge in [0.05, 0.1) is 19.6 Å². The average molecular weight is 244 g/mol. The summed E-state index contributed by atoms with van der Waals surface area (Å²) in [6, 6.07) is 0.620. The Hall–Kier alpha value is -0.260. The molecule has 2 saturated heterocycles. The molecule has 4 atom stereocenters. The third kappa shape index (κ3) is 1.66. The maximum absolute atomic E-state index is 5.43. The fourth-order valence-electron chi connectivity index (χ4n) is 2.71. The van der Waals surface area contributed by atoms with Crippen LogP contribution in [0.5, 0.6) is 0 Å². The van der Waals surface area contributed by atoms with Gasteiger partial charge in [0.15, 0.2) is 5.11 Å². The largest absolute Gasteiger partial charge is 0.350 e. The van der Waals surface area contributed by atoms with Crippen LogP contribution in [0.4, 0.5) is 0 Å². The summed E-state index contributed by atoms with van der Waals surface area (Å²) in [6.07, 6.45) is 1.06. The van der Waals surface area contributed by atoms with E-state index in [2.05, 4.69) is 31.5 Å². The quantitative estimate of drug-likeness (QED) is 0.500. The van der Waals surface area contributed by atoms with Gasteiger partial charge in [0.25, 0.3) is 0 Å². The van der Waals surface area contributed by atoms with Gasteiger partial charge in [-0.1, -0.05) is 19.1 Å². The summed E-state index contributed by atoms with van der Waals surface area (Å²) >= 11 is 10.6. The minimum absolute atomic E-state index is 0.0780. The van der Waals surface area contributed by atoms with E-state index in [4.69, 9.17) is 24.4 Å². The Bertz CT molecular complexity index is 318. The third-order valence-electron chi connectivity index (χ3n) is 3.91. The predicted octanol–water partition coefficient (Wildman–Crippen LogP) is -0.527. The Morgan fingerprint density at radius 3 is 2.60 bits per heavy atom. The van der Waals surface area contributed by atoms with E-state index in [0.717, 1.165) is 18.0 Å². The summed E-state index contributed by atoms with van der Waals surface area (Å²) in [5, 5.41) is 7.16. The zero-order valence-corrected chi connectivity index (χ0v) is 11.0. The van der Waals surface area contributed by atoms with Crippen molar-refractivity contribution in [1.29, 1.82) is 0 Å². The maximum atomic E-state index is 5.43. The third-order valence-corrected chi connectivity index (χ3v) is 4.58. The van der Waals surface area contributed by atoms with Gasteiger partial charge in [-0.2, -0.15) is 0 Å². The van der Waals surface area contributed by atoms with Crippen molar-refractivity contribution in [1.82, 2.24) is 10.6 Å². The van der Waals surface area contributed by atoms with Crippen LogP contribution in [0.3, 0.4) is 0 Å². The van der Waals surface area contributed by atoms with Crippen molar-refractivity contribution in [3.8, 4) is 0 Å². The van der Waals surface area contributed by atoms with Crippen LogP contribution in [0.15, 0.2) is 0 Å². The number of quaternary nitrogens is 1. The molecule has 0 aliphatic carbocycles. The lowest BCUT2D eigenvalue weighted by Crippen LogP contribution is -3.15. The standard InChI is InChI=1S/C10H17N3S2/c1-6-5-13(3)7(2)4-10(6)8(14)11-9(15)12-10/h6-7H,4-5H2,1-3H3,(H2,11,12,14,15)/p+1/t6-,7+,10-/m1/s1. The lowest BCUT2D eigenvalue weighted by atomic mass is 9.76. The highest BCUT2D eigenvalue weighted by Crippen LogP contribution is 2.28. The van der Waals surface area contributed by atoms with Gasteiger partial charge in [-0.25, -0.2) is 0 Å². The second-order valence-corrected chi connectivity index (χ2v) is 5.75. The normalized spacial score (nSPS) is 45.4. The minimum Gasteiger partial charge on any atom is -0.350 e. The molecule has 0 radical (unpaired) electrons. The molecular weight excluding hydrogens is 226 g/mol. The molecule has 3 nitrogen and oxygen atoms in total. The van der Waals surface area contributed by atoms with E-state index in [9.17, 15) is 0 Å². The molecule has 2 aliphatic rings. The van der Waals surface area contributed by atoms with Gasteiger partial charge in [0.2, 0.25) is 0 Å². The zero-order chi connectivity index (χ0) is 11.2. The van der Waals surface area contributed by atoms with Crippen molar-refractivity contribution in [3.05, 3.63) is 0 Å². The Balaban J connectivity index is 2.27. The van der Waals surface area contributed by atoms with Crippen molar-refractivity contribution in [3.63, 3.8) is 0 Å². The predicted molar refractivity (Wildman–Crippen MR) is 69.2 cm³/mol. The van der Waals surface area contributed by atoms with E-state index < -0.39 is 0 Å². The molecular formula is C10H18N3S2+. The zero-order valence-electron chi connectivity index (χ0n) is 9.39. The first-order valence-corrected chi connectivity index (χ1v) is 6.23. The van der Waals surface area contributed by atoms with Gasteiger partial charge in [-0.3, -0.25) is 0 Å². The number of thiocarbonyl (C=S) groups is 2. The summed E-state index contributed by atoms with van der Waals surface area (Å²) < 4.78 is 0. The first kappa shape index (κ1) is 11.2. The SMILES string of the molecule is C[C@@H]1C[NH+](C)[C@@H](C)C[C@@]12NC(=S)NC2=S. The number of hydrogen-bond acceptors (Lipinski definition) is 2. The fraction of sp³-hybridized carbons (Fsp3) is 0.800. The molecule has 3 N–H and O–H groups in total. The first-order chi connectivity index (χ1) is 6.95. The smallest absolute Gasteiger partial charge is 0.172 e. The molecule has 2 fully saturated rings. The number of hydrogen-bond donors (Lipinski definition) is 3. The first-order valence-electron chi connectivity index (χ1n) is 5.41. The van der Waals surface area contributed by atoms with E-state index in [1.165, 1.54) is 0 Å². The molecule has 0 aromatic rings. The number of rotatable bonds is 0. The molecule has 84 valence electrons. The van der Waals surface area contributed by atoms with Crippen LogP contribution in [0.1, 0.15) is 20.3 Å². The summed E-state index contributed by atoms with van der Waals surface area (Å²) in [6.45, 7) is 5.66. The van der Waals surface area contributed by atoms with Gasteiger partial charge >= 0.3 is 0 Å². The van der Waals surface area contributed by atoms with Crippen LogP contribution in [-0.2, 0) is 0 Å². The Morgan fingerprint density at radius 1 is 1.40 bits per heavy atom. The number of likely N-dealkylation sites (tertiary alicyclic amines) is 1. The summed E-state index contributed by atoms with van der Waals surface area (Å²) in [4.78, 5) is 2.47. The molecule has 1 spiro atoms. The molecule has 0 aromatic carbocycles. The van der Waals surface area contributed by atoms with Crippen LogP contribution >= 0.6 is 24.4 Å². The Labute approximate surface area is 102 Å². The van der Waals surface area contributed by atoms with Gasteiger partial charge in [0, 0.05) is 12.3 Å². The highest BCUT2D eigenvalue weighted by atomic mass is 32.1. The second kappa shape index (κ2) is 3.64. The van der Waals surface area contributed by atoms with Gasteiger partial charge < -0.3 is 15.5 Å². The monoisotopic (exact) mass is 244 g/mol. The fourth-order valence-corrected chi connectivity index (χ4v) is 3.50. The molecule has 0 saturated carbocycles. The Morgan fingerprint density at radius 2 is 2.07 bits per heavy atom. The van der Waals surface area contributed by atoms with Crippen molar-refractivity contribution < 1.29 is 4.90 Å².